The van der Waals surface area contributed by atoms with Crippen molar-refractivity contribution in [2.45, 2.75) is 44.7 Å². The van der Waals surface area contributed by atoms with Crippen LogP contribution in [0, 0.1) is 11.3 Å². The minimum atomic E-state index is 0.288. The molecular weight excluding hydrogens is 340 g/mol. The van der Waals surface area contributed by atoms with Gasteiger partial charge in [0.15, 0.2) is 0 Å². The number of aliphatic hydroxyl groups excluding tert-OH is 1. The summed E-state index contributed by atoms with van der Waals surface area (Å²) < 4.78 is 5.53. The summed E-state index contributed by atoms with van der Waals surface area (Å²) in [6.07, 6.45) is 7.72. The number of aliphatic hydroxyl groups is 1. The van der Waals surface area contributed by atoms with Crippen LogP contribution in [0.5, 0.6) is 0 Å². The monoisotopic (exact) mass is 374 g/mol. The van der Waals surface area contributed by atoms with E-state index in [0.29, 0.717) is 23.2 Å². The molecule has 4 rings (SSSR count). The third-order valence-corrected chi connectivity index (χ3v) is 7.31. The van der Waals surface area contributed by atoms with Gasteiger partial charge in [-0.15, -0.1) is 0 Å². The summed E-state index contributed by atoms with van der Waals surface area (Å²) in [7, 11) is 0. The van der Waals surface area contributed by atoms with Gasteiger partial charge in [-0.2, -0.15) is 0 Å². The molecular formula is C21H34N4O2. The van der Waals surface area contributed by atoms with Gasteiger partial charge in [-0.1, -0.05) is 6.07 Å². The first kappa shape index (κ1) is 19.1. The van der Waals surface area contributed by atoms with Crippen LogP contribution in [-0.4, -0.2) is 71.9 Å². The summed E-state index contributed by atoms with van der Waals surface area (Å²) >= 11 is 0. The van der Waals surface area contributed by atoms with Gasteiger partial charge >= 0.3 is 0 Å². The molecule has 27 heavy (non-hydrogen) atoms. The number of anilines is 1. The summed E-state index contributed by atoms with van der Waals surface area (Å²) in [5.41, 5.74) is 7.44. The standard InChI is InChI=1S/C21H34N4O2/c22-20-17(2-1-8-23-20)14-24-9-5-21(18(15-24)16-26)6-10-25(11-7-21)19-3-12-27-13-4-19/h1-2,8,18-19,26H,3-7,9-16H2,(H2,22,23)/t18-/m1/s1. The molecule has 0 saturated carbocycles. The first-order chi connectivity index (χ1) is 13.2. The lowest BCUT2D eigenvalue weighted by molar-refractivity contribution is -0.0600. The number of hydrogen-bond acceptors (Lipinski definition) is 6. The largest absolute Gasteiger partial charge is 0.396 e. The fraction of sp³-hybridized carbons (Fsp3) is 0.762. The van der Waals surface area contributed by atoms with Gasteiger partial charge in [0.05, 0.1) is 0 Å². The number of piperidine rings is 2. The molecule has 0 radical (unpaired) electrons. The maximum absolute atomic E-state index is 10.2. The maximum atomic E-state index is 10.2. The number of pyridine rings is 1. The molecule has 3 aliphatic heterocycles. The zero-order valence-electron chi connectivity index (χ0n) is 16.4. The Bertz CT molecular complexity index is 612. The fourth-order valence-electron chi connectivity index (χ4n) is 5.44. The number of nitrogen functional groups attached to an aromatic ring is 1. The van der Waals surface area contributed by atoms with Crippen LogP contribution >= 0.6 is 0 Å². The molecule has 0 aliphatic carbocycles. The average Bonchev–Trinajstić information content (AvgIpc) is 2.72. The van der Waals surface area contributed by atoms with E-state index in [9.17, 15) is 5.11 Å². The third kappa shape index (κ3) is 4.14. The van der Waals surface area contributed by atoms with E-state index < -0.39 is 0 Å². The van der Waals surface area contributed by atoms with Gasteiger partial charge in [0.2, 0.25) is 0 Å². The van der Waals surface area contributed by atoms with Gasteiger partial charge in [0.25, 0.3) is 0 Å². The summed E-state index contributed by atoms with van der Waals surface area (Å²) in [5.74, 6) is 0.990. The molecule has 0 amide bonds. The molecule has 0 bridgehead atoms. The first-order valence-corrected chi connectivity index (χ1v) is 10.5. The Morgan fingerprint density at radius 2 is 1.93 bits per heavy atom. The molecule has 3 N–H and O–H groups in total. The zero-order chi connectivity index (χ0) is 18.7. The minimum absolute atomic E-state index is 0.288. The molecule has 0 aromatic carbocycles. The lowest BCUT2D eigenvalue weighted by Crippen LogP contribution is -2.55. The summed E-state index contributed by atoms with van der Waals surface area (Å²) in [6, 6.07) is 4.72. The molecule has 1 aromatic heterocycles. The van der Waals surface area contributed by atoms with Gasteiger partial charge in [-0.25, -0.2) is 4.98 Å². The van der Waals surface area contributed by atoms with Gasteiger partial charge in [0.1, 0.15) is 5.82 Å². The molecule has 4 heterocycles. The SMILES string of the molecule is Nc1ncccc1CN1CCC2(CCN(C3CCOCC3)CC2)[C@@H](CO)C1. The Kier molecular flexibility index (Phi) is 5.97. The quantitative estimate of drug-likeness (QED) is 0.836. The number of likely N-dealkylation sites (tertiary alicyclic amines) is 2. The molecule has 1 atom stereocenters. The highest BCUT2D eigenvalue weighted by Gasteiger charge is 2.45. The molecule has 0 unspecified atom stereocenters. The second-order valence-corrected chi connectivity index (χ2v) is 8.65. The minimum Gasteiger partial charge on any atom is -0.396 e. The van der Waals surface area contributed by atoms with Crippen LogP contribution in [0.25, 0.3) is 0 Å². The van der Waals surface area contributed by atoms with Crippen molar-refractivity contribution < 1.29 is 9.84 Å². The predicted molar refractivity (Wildman–Crippen MR) is 106 cm³/mol. The molecule has 3 aliphatic rings. The predicted octanol–water partition coefficient (Wildman–Crippen LogP) is 1.74. The summed E-state index contributed by atoms with van der Waals surface area (Å²) in [4.78, 5) is 9.34. The van der Waals surface area contributed by atoms with Crippen LogP contribution in [0.2, 0.25) is 0 Å². The number of ether oxygens (including phenoxy) is 1. The maximum Gasteiger partial charge on any atom is 0.127 e. The van der Waals surface area contributed by atoms with Crippen molar-refractivity contribution in [1.82, 2.24) is 14.8 Å². The van der Waals surface area contributed by atoms with Crippen LogP contribution in [0.3, 0.4) is 0 Å². The van der Waals surface area contributed by atoms with Crippen molar-refractivity contribution in [3.8, 4) is 0 Å². The van der Waals surface area contributed by atoms with Crippen LogP contribution in [-0.2, 0) is 11.3 Å². The second-order valence-electron chi connectivity index (χ2n) is 8.65. The van der Waals surface area contributed by atoms with E-state index in [1.165, 1.54) is 45.2 Å². The van der Waals surface area contributed by atoms with Gasteiger partial charge in [-0.05, 0) is 63.2 Å². The van der Waals surface area contributed by atoms with Gasteiger partial charge in [-0.3, -0.25) is 4.90 Å². The fourth-order valence-corrected chi connectivity index (χ4v) is 5.44. The molecule has 6 nitrogen and oxygen atoms in total. The molecule has 6 heteroatoms. The zero-order valence-corrected chi connectivity index (χ0v) is 16.4. The molecule has 150 valence electrons. The van der Waals surface area contributed by atoms with E-state index >= 15 is 0 Å². The van der Waals surface area contributed by atoms with Gasteiger partial charge in [0, 0.05) is 56.6 Å². The average molecular weight is 375 g/mol. The van der Waals surface area contributed by atoms with Crippen molar-refractivity contribution in [1.29, 1.82) is 0 Å². The Hall–Kier alpha value is -1.21. The number of aromatic nitrogens is 1. The second kappa shape index (κ2) is 8.43. The van der Waals surface area contributed by atoms with Crippen LogP contribution in [0.4, 0.5) is 5.82 Å². The highest BCUT2D eigenvalue weighted by molar-refractivity contribution is 5.38. The number of nitrogens with two attached hydrogens (primary N) is 1. The lowest BCUT2D eigenvalue weighted by atomic mass is 9.64. The highest BCUT2D eigenvalue weighted by Crippen LogP contribution is 2.46. The first-order valence-electron chi connectivity index (χ1n) is 10.5. The topological polar surface area (TPSA) is 74.9 Å². The normalized spacial score (nSPS) is 27.8. The van der Waals surface area contributed by atoms with E-state index in [0.717, 1.165) is 38.4 Å². The number of hydrogen-bond donors (Lipinski definition) is 2. The molecule has 1 spiro atoms. The Morgan fingerprint density at radius 3 is 2.63 bits per heavy atom. The molecule has 1 aromatic rings. The smallest absolute Gasteiger partial charge is 0.127 e. The number of rotatable bonds is 4. The number of nitrogens with zero attached hydrogens (tertiary/aromatic N) is 3. The van der Waals surface area contributed by atoms with Crippen molar-refractivity contribution in [3.05, 3.63) is 23.9 Å². The van der Waals surface area contributed by atoms with Crippen molar-refractivity contribution >= 4 is 5.82 Å². The van der Waals surface area contributed by atoms with Crippen LogP contribution in [0.1, 0.15) is 37.7 Å². The van der Waals surface area contributed by atoms with E-state index in [4.69, 9.17) is 10.5 Å². The molecule has 3 saturated heterocycles. The van der Waals surface area contributed by atoms with Crippen molar-refractivity contribution in [3.63, 3.8) is 0 Å². The van der Waals surface area contributed by atoms with E-state index in [1.54, 1.807) is 6.20 Å². The lowest BCUT2D eigenvalue weighted by Gasteiger charge is -2.52. The molecule has 3 fully saturated rings. The summed E-state index contributed by atoms with van der Waals surface area (Å²) in [5, 5.41) is 10.2. The van der Waals surface area contributed by atoms with Gasteiger partial charge < -0.3 is 20.5 Å². The Morgan fingerprint density at radius 1 is 1.19 bits per heavy atom. The van der Waals surface area contributed by atoms with Crippen LogP contribution < -0.4 is 5.73 Å². The van der Waals surface area contributed by atoms with Crippen LogP contribution in [0.15, 0.2) is 18.3 Å². The third-order valence-electron chi connectivity index (χ3n) is 7.31. The van der Waals surface area contributed by atoms with Crippen molar-refractivity contribution in [2.24, 2.45) is 11.3 Å². The van der Waals surface area contributed by atoms with E-state index in [1.807, 2.05) is 6.07 Å². The Balaban J connectivity index is 1.35. The van der Waals surface area contributed by atoms with Crippen molar-refractivity contribution in [2.75, 3.05) is 51.7 Å². The summed E-state index contributed by atoms with van der Waals surface area (Å²) in [6.45, 7) is 7.35. The van der Waals surface area contributed by atoms with E-state index in [-0.39, 0.29) is 6.61 Å². The highest BCUT2D eigenvalue weighted by atomic mass is 16.5. The van der Waals surface area contributed by atoms with E-state index in [2.05, 4.69) is 20.9 Å². The Labute approximate surface area is 162 Å².